The van der Waals surface area contributed by atoms with Gasteiger partial charge in [-0.1, -0.05) is 6.07 Å². The molecule has 1 saturated heterocycles. The molecule has 1 aliphatic rings. The summed E-state index contributed by atoms with van der Waals surface area (Å²) >= 11 is 0. The Morgan fingerprint density at radius 3 is 2.16 bits per heavy atom. The van der Waals surface area contributed by atoms with E-state index >= 15 is 0 Å². The van der Waals surface area contributed by atoms with Crippen molar-refractivity contribution >= 4 is 34.6 Å². The average molecular weight is 427 g/mol. The van der Waals surface area contributed by atoms with Gasteiger partial charge in [0.25, 0.3) is 17.3 Å². The zero-order valence-electron chi connectivity index (χ0n) is 17.0. The Kier molecular flexibility index (Phi) is 6.14. The summed E-state index contributed by atoms with van der Waals surface area (Å²) in [6.45, 7) is 4.87. The topological polar surface area (TPSA) is 139 Å². The zero-order valence-corrected chi connectivity index (χ0v) is 17.0. The van der Waals surface area contributed by atoms with Crippen LogP contribution in [0.1, 0.15) is 22.8 Å². The first-order chi connectivity index (χ1) is 14.7. The SMILES string of the molecule is CC(=O)N1CCN(c2ccc(C(=O)Nc3ccc(C)c([N+](=O)[O-])c3)cc2[N+](=O)[O-])CC1. The second-order valence-electron chi connectivity index (χ2n) is 7.17. The van der Waals surface area contributed by atoms with Gasteiger partial charge in [-0.05, 0) is 25.1 Å². The van der Waals surface area contributed by atoms with Gasteiger partial charge >= 0.3 is 0 Å². The molecule has 2 aromatic rings. The summed E-state index contributed by atoms with van der Waals surface area (Å²) in [7, 11) is 0. The number of nitro benzene ring substituents is 2. The number of benzene rings is 2. The number of carbonyl (C=O) groups is 2. The summed E-state index contributed by atoms with van der Waals surface area (Å²) in [5, 5.41) is 25.3. The molecule has 11 nitrogen and oxygen atoms in total. The first-order valence-corrected chi connectivity index (χ1v) is 9.52. The lowest BCUT2D eigenvalue weighted by Gasteiger charge is -2.35. The van der Waals surface area contributed by atoms with Crippen LogP contribution in [-0.2, 0) is 4.79 Å². The number of nitro groups is 2. The van der Waals surface area contributed by atoms with Gasteiger partial charge in [0.05, 0.1) is 9.85 Å². The lowest BCUT2D eigenvalue weighted by atomic mass is 10.1. The minimum Gasteiger partial charge on any atom is -0.362 e. The van der Waals surface area contributed by atoms with E-state index in [1.165, 1.54) is 43.3 Å². The van der Waals surface area contributed by atoms with Gasteiger partial charge < -0.3 is 15.1 Å². The number of carbonyl (C=O) groups excluding carboxylic acids is 2. The van der Waals surface area contributed by atoms with E-state index in [1.807, 2.05) is 4.90 Å². The molecular weight excluding hydrogens is 406 g/mol. The molecule has 3 rings (SSSR count). The highest BCUT2D eigenvalue weighted by Gasteiger charge is 2.26. The summed E-state index contributed by atoms with van der Waals surface area (Å²) in [5.74, 6) is -0.660. The van der Waals surface area contributed by atoms with E-state index in [1.54, 1.807) is 11.8 Å². The molecule has 2 amide bonds. The van der Waals surface area contributed by atoms with E-state index in [2.05, 4.69) is 5.32 Å². The summed E-state index contributed by atoms with van der Waals surface area (Å²) in [4.78, 5) is 49.2. The van der Waals surface area contributed by atoms with Crippen LogP contribution in [-0.4, -0.2) is 52.7 Å². The van der Waals surface area contributed by atoms with Crippen molar-refractivity contribution in [2.75, 3.05) is 36.4 Å². The lowest BCUT2D eigenvalue weighted by Crippen LogP contribution is -2.48. The molecule has 2 aromatic carbocycles. The lowest BCUT2D eigenvalue weighted by molar-refractivity contribution is -0.385. The highest BCUT2D eigenvalue weighted by Crippen LogP contribution is 2.31. The van der Waals surface area contributed by atoms with Crippen LogP contribution in [0.2, 0.25) is 0 Å². The molecule has 0 aromatic heterocycles. The molecule has 0 saturated carbocycles. The van der Waals surface area contributed by atoms with E-state index < -0.39 is 15.8 Å². The maximum Gasteiger partial charge on any atom is 0.293 e. The number of piperazine rings is 1. The van der Waals surface area contributed by atoms with Crippen molar-refractivity contribution in [3.05, 3.63) is 67.8 Å². The molecule has 1 N–H and O–H groups in total. The van der Waals surface area contributed by atoms with Gasteiger partial charge in [-0.15, -0.1) is 0 Å². The van der Waals surface area contributed by atoms with E-state index in [0.717, 1.165) is 0 Å². The third-order valence-corrected chi connectivity index (χ3v) is 5.16. The highest BCUT2D eigenvalue weighted by atomic mass is 16.6. The molecule has 0 unspecified atom stereocenters. The van der Waals surface area contributed by atoms with Crippen molar-refractivity contribution < 1.29 is 19.4 Å². The fourth-order valence-corrected chi connectivity index (χ4v) is 3.43. The van der Waals surface area contributed by atoms with Crippen LogP contribution in [0.5, 0.6) is 0 Å². The fraction of sp³-hybridized carbons (Fsp3) is 0.300. The molecule has 0 spiro atoms. The third kappa shape index (κ3) is 4.77. The van der Waals surface area contributed by atoms with Gasteiger partial charge in [0.15, 0.2) is 0 Å². The van der Waals surface area contributed by atoms with Crippen LogP contribution >= 0.6 is 0 Å². The van der Waals surface area contributed by atoms with Crippen LogP contribution in [0.15, 0.2) is 36.4 Å². The maximum atomic E-state index is 12.6. The van der Waals surface area contributed by atoms with Gasteiger partial charge in [0, 0.05) is 62.0 Å². The van der Waals surface area contributed by atoms with Crippen LogP contribution in [0.25, 0.3) is 0 Å². The van der Waals surface area contributed by atoms with Crippen molar-refractivity contribution in [3.8, 4) is 0 Å². The quantitative estimate of drug-likeness (QED) is 0.572. The zero-order chi connectivity index (χ0) is 22.7. The number of hydrogen-bond acceptors (Lipinski definition) is 7. The first kappa shape index (κ1) is 21.7. The van der Waals surface area contributed by atoms with Crippen LogP contribution in [0, 0.1) is 27.2 Å². The summed E-state index contributed by atoms with van der Waals surface area (Å²) in [5.41, 5.74) is 0.738. The predicted octanol–water partition coefficient (Wildman–Crippen LogP) is 2.73. The first-order valence-electron chi connectivity index (χ1n) is 9.52. The highest BCUT2D eigenvalue weighted by molar-refractivity contribution is 6.05. The van der Waals surface area contributed by atoms with E-state index in [4.69, 9.17) is 0 Å². The van der Waals surface area contributed by atoms with Crippen LogP contribution in [0.4, 0.5) is 22.7 Å². The Bertz CT molecular complexity index is 1060. The van der Waals surface area contributed by atoms with E-state index in [9.17, 15) is 29.8 Å². The molecular formula is C20H21N5O6. The standard InChI is InChI=1S/C20H21N5O6/c1-13-3-5-16(12-18(13)24(28)29)21-20(27)15-4-6-17(19(11-15)25(30)31)23-9-7-22(8-10-23)14(2)26/h3-6,11-12H,7-10H2,1-2H3,(H,21,27). The molecule has 0 aliphatic carbocycles. The smallest absolute Gasteiger partial charge is 0.293 e. The maximum absolute atomic E-state index is 12.6. The van der Waals surface area contributed by atoms with Crippen molar-refractivity contribution in [2.24, 2.45) is 0 Å². The summed E-state index contributed by atoms with van der Waals surface area (Å²) < 4.78 is 0. The predicted molar refractivity (Wildman–Crippen MR) is 113 cm³/mol. The molecule has 1 fully saturated rings. The van der Waals surface area contributed by atoms with Crippen molar-refractivity contribution in [3.63, 3.8) is 0 Å². The minimum atomic E-state index is -0.616. The number of nitrogens with one attached hydrogen (secondary N) is 1. The van der Waals surface area contributed by atoms with Crippen LogP contribution < -0.4 is 10.2 Å². The van der Waals surface area contributed by atoms with Gasteiger partial charge in [0.1, 0.15) is 5.69 Å². The Morgan fingerprint density at radius 1 is 0.935 bits per heavy atom. The normalized spacial score (nSPS) is 13.6. The summed E-state index contributed by atoms with van der Waals surface area (Å²) in [6, 6.07) is 8.44. The molecule has 1 aliphatic heterocycles. The number of aryl methyl sites for hydroxylation is 1. The van der Waals surface area contributed by atoms with Gasteiger partial charge in [0.2, 0.25) is 5.91 Å². The monoisotopic (exact) mass is 427 g/mol. The van der Waals surface area contributed by atoms with Gasteiger partial charge in [-0.3, -0.25) is 29.8 Å². The Balaban J connectivity index is 1.82. The second kappa shape index (κ2) is 8.78. The Morgan fingerprint density at radius 2 is 1.58 bits per heavy atom. The van der Waals surface area contributed by atoms with E-state index in [0.29, 0.717) is 37.4 Å². The van der Waals surface area contributed by atoms with Crippen molar-refractivity contribution in [1.29, 1.82) is 0 Å². The molecule has 11 heteroatoms. The second-order valence-corrected chi connectivity index (χ2v) is 7.17. The largest absolute Gasteiger partial charge is 0.362 e. The fourth-order valence-electron chi connectivity index (χ4n) is 3.43. The van der Waals surface area contributed by atoms with Crippen molar-refractivity contribution in [1.82, 2.24) is 4.90 Å². The third-order valence-electron chi connectivity index (χ3n) is 5.16. The van der Waals surface area contributed by atoms with Gasteiger partial charge in [-0.2, -0.15) is 0 Å². The van der Waals surface area contributed by atoms with Crippen LogP contribution in [0.3, 0.4) is 0 Å². The summed E-state index contributed by atoms with van der Waals surface area (Å²) in [6.07, 6.45) is 0. The van der Waals surface area contributed by atoms with Gasteiger partial charge in [-0.25, -0.2) is 0 Å². The Hall–Kier alpha value is -4.02. The van der Waals surface area contributed by atoms with Crippen molar-refractivity contribution in [2.45, 2.75) is 13.8 Å². The molecule has 0 atom stereocenters. The molecule has 162 valence electrons. The van der Waals surface area contributed by atoms with E-state index in [-0.39, 0.29) is 28.5 Å². The number of hydrogen-bond donors (Lipinski definition) is 1. The average Bonchev–Trinajstić information content (AvgIpc) is 2.74. The molecule has 1 heterocycles. The molecule has 0 radical (unpaired) electrons. The molecule has 31 heavy (non-hydrogen) atoms. The minimum absolute atomic E-state index is 0.0440. The number of rotatable bonds is 5. The molecule has 0 bridgehead atoms. The number of anilines is 2. The number of amides is 2. The Labute approximate surface area is 177 Å². The number of nitrogens with zero attached hydrogens (tertiary/aromatic N) is 4.